The summed E-state index contributed by atoms with van der Waals surface area (Å²) in [5.41, 5.74) is 0.386. The van der Waals surface area contributed by atoms with E-state index in [9.17, 15) is 13.2 Å². The Kier molecular flexibility index (Phi) is 5.19. The summed E-state index contributed by atoms with van der Waals surface area (Å²) < 4.78 is 47.8. The molecule has 12 heteroatoms. The molecule has 8 nitrogen and oxygen atoms in total. The molecule has 0 amide bonds. The van der Waals surface area contributed by atoms with Gasteiger partial charge in [0.15, 0.2) is 5.82 Å². The molecule has 36 heavy (non-hydrogen) atoms. The van der Waals surface area contributed by atoms with Gasteiger partial charge in [-0.1, -0.05) is 18.0 Å². The molecule has 1 aliphatic carbocycles. The van der Waals surface area contributed by atoms with Crippen LogP contribution in [0.25, 0.3) is 22.6 Å². The molecule has 1 aliphatic heterocycles. The zero-order chi connectivity index (χ0) is 25.2. The predicted molar refractivity (Wildman–Crippen MR) is 129 cm³/mol. The molecule has 4 aromatic heterocycles. The number of nitrogens with one attached hydrogen (secondary N) is 1. The van der Waals surface area contributed by atoms with E-state index in [-0.39, 0.29) is 24.7 Å². The second-order valence-corrected chi connectivity index (χ2v) is 10.0. The van der Waals surface area contributed by atoms with Gasteiger partial charge in [0.05, 0.1) is 16.9 Å². The number of pyridine rings is 1. The van der Waals surface area contributed by atoms with Gasteiger partial charge in [0, 0.05) is 49.2 Å². The minimum atomic E-state index is -4.36. The molecule has 4 aromatic rings. The molecule has 1 N–H and O–H groups in total. The van der Waals surface area contributed by atoms with Crippen molar-refractivity contribution in [2.45, 2.75) is 56.8 Å². The maximum absolute atomic E-state index is 14.1. The van der Waals surface area contributed by atoms with Gasteiger partial charge in [0.25, 0.3) is 0 Å². The van der Waals surface area contributed by atoms with Crippen molar-refractivity contribution < 1.29 is 13.2 Å². The topological polar surface area (TPSA) is 78.4 Å². The van der Waals surface area contributed by atoms with Crippen LogP contribution in [0.4, 0.5) is 24.8 Å². The molecule has 0 aromatic carbocycles. The van der Waals surface area contributed by atoms with Crippen LogP contribution in [0.2, 0.25) is 5.02 Å². The number of hydrogen-bond acceptors (Lipinski definition) is 5. The molecular weight excluding hydrogens is 493 g/mol. The average Bonchev–Trinajstić information content (AvgIpc) is 3.49. The third kappa shape index (κ3) is 3.43. The SMILES string of the molecule is CC1CCn2c(nnc2C2(C(F)(F)F)CCC2)-c2cc(-c3cc(Nc4ccnn4C)ncc3Cl)cn21. The fraction of sp³-hybridized carbons (Fsp3) is 0.417. The number of nitrogens with zero attached hydrogens (tertiary/aromatic N) is 7. The maximum atomic E-state index is 14.1. The minimum absolute atomic E-state index is 0.0317. The van der Waals surface area contributed by atoms with Crippen molar-refractivity contribution in [2.24, 2.45) is 7.05 Å². The lowest BCUT2D eigenvalue weighted by Gasteiger charge is -2.42. The monoisotopic (exact) mass is 516 g/mol. The number of anilines is 2. The normalized spacial score (nSPS) is 18.8. The highest BCUT2D eigenvalue weighted by atomic mass is 35.5. The Morgan fingerprint density at radius 2 is 2.00 bits per heavy atom. The van der Waals surface area contributed by atoms with Crippen molar-refractivity contribution in [1.29, 1.82) is 0 Å². The van der Waals surface area contributed by atoms with Crippen molar-refractivity contribution in [3.63, 3.8) is 0 Å². The Balaban J connectivity index is 1.43. The number of halogens is 4. The van der Waals surface area contributed by atoms with E-state index in [0.29, 0.717) is 36.1 Å². The van der Waals surface area contributed by atoms with Gasteiger partial charge in [0.2, 0.25) is 0 Å². The first-order chi connectivity index (χ1) is 17.2. The first kappa shape index (κ1) is 23.1. The lowest BCUT2D eigenvalue weighted by molar-refractivity contribution is -0.216. The number of aromatic nitrogens is 7. The number of aryl methyl sites for hydroxylation is 1. The standard InChI is InChI=1S/C24H24ClF3N8/c1-14-5-9-35-21(32-33-22(35)23(6-3-7-23)24(26,27)28)18-10-15(13-36(14)18)16-11-19(29-12-17(16)25)31-20-4-8-30-34(20)2/h4,8,10-14H,3,5-7,9H2,1-2H3,(H,29,31). The van der Waals surface area contributed by atoms with E-state index in [1.165, 1.54) is 0 Å². The van der Waals surface area contributed by atoms with Crippen molar-refractivity contribution >= 4 is 23.2 Å². The molecule has 5 heterocycles. The van der Waals surface area contributed by atoms with Gasteiger partial charge in [-0.3, -0.25) is 4.68 Å². The van der Waals surface area contributed by atoms with Crippen LogP contribution >= 0.6 is 11.6 Å². The summed E-state index contributed by atoms with van der Waals surface area (Å²) in [5.74, 6) is 1.85. The predicted octanol–water partition coefficient (Wildman–Crippen LogP) is 5.89. The number of rotatable bonds is 4. The Morgan fingerprint density at radius 1 is 1.19 bits per heavy atom. The van der Waals surface area contributed by atoms with Gasteiger partial charge >= 0.3 is 6.18 Å². The molecule has 1 unspecified atom stereocenters. The Hall–Kier alpha value is -3.34. The molecule has 6 rings (SSSR count). The van der Waals surface area contributed by atoms with Gasteiger partial charge in [0.1, 0.15) is 22.9 Å². The highest BCUT2D eigenvalue weighted by Crippen LogP contribution is 2.54. The first-order valence-electron chi connectivity index (χ1n) is 11.8. The van der Waals surface area contributed by atoms with E-state index < -0.39 is 11.6 Å². The molecule has 0 radical (unpaired) electrons. The summed E-state index contributed by atoms with van der Waals surface area (Å²) in [7, 11) is 1.82. The second kappa shape index (κ2) is 8.09. The Bertz CT molecular complexity index is 1450. The fourth-order valence-electron chi connectivity index (χ4n) is 5.20. The molecule has 0 bridgehead atoms. The van der Waals surface area contributed by atoms with Crippen LogP contribution in [0.3, 0.4) is 0 Å². The van der Waals surface area contributed by atoms with Crippen LogP contribution < -0.4 is 5.32 Å². The summed E-state index contributed by atoms with van der Waals surface area (Å²) in [4.78, 5) is 4.37. The average molecular weight is 517 g/mol. The third-order valence-electron chi connectivity index (χ3n) is 7.49. The van der Waals surface area contributed by atoms with Crippen molar-refractivity contribution in [3.05, 3.63) is 47.6 Å². The largest absolute Gasteiger partial charge is 0.401 e. The third-order valence-corrected chi connectivity index (χ3v) is 7.80. The highest BCUT2D eigenvalue weighted by Gasteiger charge is 2.62. The van der Waals surface area contributed by atoms with Crippen molar-refractivity contribution in [3.8, 4) is 22.6 Å². The van der Waals surface area contributed by atoms with Crippen molar-refractivity contribution in [1.82, 2.24) is 34.1 Å². The maximum Gasteiger partial charge on any atom is 0.401 e. The number of hydrogen-bond donors (Lipinski definition) is 1. The van der Waals surface area contributed by atoms with E-state index >= 15 is 0 Å². The molecule has 1 atom stereocenters. The lowest BCUT2D eigenvalue weighted by Crippen LogP contribution is -2.49. The Morgan fingerprint density at radius 3 is 2.67 bits per heavy atom. The quantitative estimate of drug-likeness (QED) is 0.366. The van der Waals surface area contributed by atoms with Crippen molar-refractivity contribution in [2.75, 3.05) is 5.32 Å². The molecule has 188 valence electrons. The van der Waals surface area contributed by atoms with Crippen LogP contribution in [-0.2, 0) is 19.0 Å². The fourth-order valence-corrected chi connectivity index (χ4v) is 5.42. The van der Waals surface area contributed by atoms with E-state index in [1.54, 1.807) is 21.6 Å². The number of alkyl halides is 3. The molecule has 1 saturated carbocycles. The van der Waals surface area contributed by atoms with Crippen LogP contribution in [-0.4, -0.2) is 40.3 Å². The highest BCUT2D eigenvalue weighted by molar-refractivity contribution is 6.33. The lowest BCUT2D eigenvalue weighted by atomic mass is 9.67. The number of fused-ring (bicyclic) bond motifs is 3. The molecule has 2 aliphatic rings. The smallest absolute Gasteiger partial charge is 0.341 e. The molecule has 0 spiro atoms. The van der Waals surface area contributed by atoms with Gasteiger partial charge in [-0.25, -0.2) is 4.98 Å². The summed E-state index contributed by atoms with van der Waals surface area (Å²) >= 11 is 6.54. The summed E-state index contributed by atoms with van der Waals surface area (Å²) in [6, 6.07) is 5.65. The van der Waals surface area contributed by atoms with E-state index in [0.717, 1.165) is 22.6 Å². The summed E-state index contributed by atoms with van der Waals surface area (Å²) in [5, 5.41) is 16.2. The minimum Gasteiger partial charge on any atom is -0.341 e. The van der Waals surface area contributed by atoms with Crippen LogP contribution in [0.1, 0.15) is 44.5 Å². The van der Waals surface area contributed by atoms with Crippen LogP contribution in [0.5, 0.6) is 0 Å². The molecule has 1 fully saturated rings. The molecular formula is C24H24ClF3N8. The summed E-state index contributed by atoms with van der Waals surface area (Å²) in [6.45, 7) is 2.49. The van der Waals surface area contributed by atoms with Gasteiger partial charge in [-0.15, -0.1) is 10.2 Å². The van der Waals surface area contributed by atoms with Gasteiger partial charge in [-0.05, 0) is 38.3 Å². The van der Waals surface area contributed by atoms with E-state index in [2.05, 4.69) is 37.1 Å². The Labute approximate surface area is 210 Å². The first-order valence-corrected chi connectivity index (χ1v) is 12.2. The van der Waals surface area contributed by atoms with Gasteiger partial charge in [-0.2, -0.15) is 18.3 Å². The summed E-state index contributed by atoms with van der Waals surface area (Å²) in [6.07, 6.45) is 2.17. The van der Waals surface area contributed by atoms with Crippen LogP contribution in [0, 0.1) is 0 Å². The zero-order valence-electron chi connectivity index (χ0n) is 19.7. The molecule has 0 saturated heterocycles. The van der Waals surface area contributed by atoms with Crippen LogP contribution in [0.15, 0.2) is 36.8 Å². The zero-order valence-corrected chi connectivity index (χ0v) is 20.5. The van der Waals surface area contributed by atoms with E-state index in [4.69, 9.17) is 11.6 Å². The van der Waals surface area contributed by atoms with Gasteiger partial charge < -0.3 is 14.5 Å². The van der Waals surface area contributed by atoms with E-state index in [1.807, 2.05) is 31.4 Å². The second-order valence-electron chi connectivity index (χ2n) is 9.61.